The third kappa shape index (κ3) is 2.60. The maximum absolute atomic E-state index is 4.59. The van der Waals surface area contributed by atoms with E-state index in [0.717, 1.165) is 24.7 Å². The second-order valence-corrected chi connectivity index (χ2v) is 6.61. The van der Waals surface area contributed by atoms with Crippen molar-refractivity contribution >= 4 is 15.9 Å². The first-order chi connectivity index (χ1) is 9.19. The van der Waals surface area contributed by atoms with E-state index in [9.17, 15) is 0 Å². The van der Waals surface area contributed by atoms with E-state index in [-0.39, 0.29) is 0 Å². The molecule has 2 atom stereocenters. The molecule has 0 aliphatic carbocycles. The Morgan fingerprint density at radius 3 is 3.00 bits per heavy atom. The summed E-state index contributed by atoms with van der Waals surface area (Å²) < 4.78 is 3.33. The van der Waals surface area contributed by atoms with Gasteiger partial charge in [-0.05, 0) is 55.1 Å². The number of hydrogen-bond acceptors (Lipinski definition) is 3. The molecule has 3 heterocycles. The van der Waals surface area contributed by atoms with E-state index in [1.54, 1.807) is 0 Å². The van der Waals surface area contributed by atoms with Crippen molar-refractivity contribution in [2.24, 2.45) is 5.92 Å². The molecular weight excluding hydrogens is 304 g/mol. The number of nitrogens with zero attached hydrogens (tertiary/aromatic N) is 3. The van der Waals surface area contributed by atoms with E-state index in [1.807, 2.05) is 0 Å². The average molecular weight is 327 g/mol. The highest BCUT2D eigenvalue weighted by Gasteiger charge is 2.34. The highest BCUT2D eigenvalue weighted by molar-refractivity contribution is 9.10. The van der Waals surface area contributed by atoms with E-state index in [1.165, 1.54) is 42.6 Å². The maximum atomic E-state index is 4.59. The summed E-state index contributed by atoms with van der Waals surface area (Å²) in [5.74, 6) is 0.853. The van der Waals surface area contributed by atoms with Gasteiger partial charge >= 0.3 is 0 Å². The minimum absolute atomic E-state index is 0.714. The molecule has 0 unspecified atom stereocenters. The number of halogens is 1. The average Bonchev–Trinajstić information content (AvgIpc) is 2.94. The Kier molecular flexibility index (Phi) is 3.96. The standard InChI is InChI=1S/C14H23BrN4/c1-3-19-13(14(15)10(2)17-19)9-18-7-11-5-4-6-16-12(11)8-18/h11-12,16H,3-9H2,1-2H3/t11-,12+/m0/s1. The second kappa shape index (κ2) is 5.54. The number of aryl methyl sites for hydroxylation is 2. The van der Waals surface area contributed by atoms with Gasteiger partial charge in [-0.15, -0.1) is 0 Å². The summed E-state index contributed by atoms with van der Waals surface area (Å²) in [6.45, 7) is 9.82. The zero-order valence-electron chi connectivity index (χ0n) is 11.8. The first kappa shape index (κ1) is 13.6. The number of fused-ring (bicyclic) bond motifs is 1. The molecule has 0 aromatic carbocycles. The van der Waals surface area contributed by atoms with Gasteiger partial charge in [0.05, 0.1) is 15.9 Å². The Morgan fingerprint density at radius 1 is 1.42 bits per heavy atom. The fourth-order valence-corrected chi connectivity index (χ4v) is 3.91. The molecule has 0 saturated carbocycles. The van der Waals surface area contributed by atoms with Gasteiger partial charge in [-0.1, -0.05) is 0 Å². The predicted octanol–water partition coefficient (Wildman–Crippen LogP) is 2.16. The topological polar surface area (TPSA) is 33.1 Å². The summed E-state index contributed by atoms with van der Waals surface area (Å²) in [7, 11) is 0. The summed E-state index contributed by atoms with van der Waals surface area (Å²) in [4.78, 5) is 2.58. The zero-order chi connectivity index (χ0) is 13.4. The van der Waals surface area contributed by atoms with Crippen LogP contribution in [0, 0.1) is 12.8 Å². The minimum atomic E-state index is 0.714. The molecule has 2 aliphatic rings. The van der Waals surface area contributed by atoms with Gasteiger partial charge in [-0.3, -0.25) is 9.58 Å². The molecule has 0 amide bonds. The van der Waals surface area contributed by atoms with Crippen molar-refractivity contribution in [2.45, 2.75) is 45.8 Å². The molecule has 3 rings (SSSR count). The predicted molar refractivity (Wildman–Crippen MR) is 80.1 cm³/mol. The highest BCUT2D eigenvalue weighted by atomic mass is 79.9. The van der Waals surface area contributed by atoms with Crippen molar-refractivity contribution < 1.29 is 0 Å². The molecule has 1 N–H and O–H groups in total. The number of likely N-dealkylation sites (tertiary alicyclic amines) is 1. The summed E-state index contributed by atoms with van der Waals surface area (Å²) in [6, 6.07) is 0.714. The monoisotopic (exact) mass is 326 g/mol. The third-order valence-electron chi connectivity index (χ3n) is 4.50. The van der Waals surface area contributed by atoms with E-state index in [0.29, 0.717) is 6.04 Å². The van der Waals surface area contributed by atoms with E-state index < -0.39 is 0 Å². The SMILES string of the molecule is CCn1nc(C)c(Br)c1CN1C[C@@H]2CCCN[C@@H]2C1. The van der Waals surface area contributed by atoms with Crippen molar-refractivity contribution in [3.8, 4) is 0 Å². The van der Waals surface area contributed by atoms with Gasteiger partial charge < -0.3 is 5.32 Å². The van der Waals surface area contributed by atoms with Gasteiger partial charge in [0.1, 0.15) is 0 Å². The Morgan fingerprint density at radius 2 is 2.26 bits per heavy atom. The van der Waals surface area contributed by atoms with E-state index >= 15 is 0 Å². The number of nitrogens with one attached hydrogen (secondary N) is 1. The lowest BCUT2D eigenvalue weighted by Gasteiger charge is -2.24. The Hall–Kier alpha value is -0.390. The molecule has 0 bridgehead atoms. The summed E-state index contributed by atoms with van der Waals surface area (Å²) >= 11 is 3.70. The Balaban J connectivity index is 1.72. The molecule has 106 valence electrons. The minimum Gasteiger partial charge on any atom is -0.312 e. The second-order valence-electron chi connectivity index (χ2n) is 5.82. The third-order valence-corrected chi connectivity index (χ3v) is 5.53. The molecule has 1 aromatic heterocycles. The van der Waals surface area contributed by atoms with Crippen molar-refractivity contribution in [1.82, 2.24) is 20.0 Å². The molecule has 19 heavy (non-hydrogen) atoms. The van der Waals surface area contributed by atoms with Crippen LogP contribution in [0.2, 0.25) is 0 Å². The lowest BCUT2D eigenvalue weighted by molar-refractivity contribution is 0.302. The molecule has 2 fully saturated rings. The molecule has 5 heteroatoms. The summed E-state index contributed by atoms with van der Waals surface area (Å²) in [6.07, 6.45) is 2.73. The molecule has 2 aliphatic heterocycles. The lowest BCUT2D eigenvalue weighted by atomic mass is 9.94. The fraction of sp³-hybridized carbons (Fsp3) is 0.786. The van der Waals surface area contributed by atoms with Crippen LogP contribution in [0.25, 0.3) is 0 Å². The molecular formula is C14H23BrN4. The largest absolute Gasteiger partial charge is 0.312 e. The van der Waals surface area contributed by atoms with Crippen LogP contribution in [0.4, 0.5) is 0 Å². The molecule has 4 nitrogen and oxygen atoms in total. The van der Waals surface area contributed by atoms with Crippen LogP contribution in [0.1, 0.15) is 31.2 Å². The van der Waals surface area contributed by atoms with Crippen LogP contribution < -0.4 is 5.32 Å². The van der Waals surface area contributed by atoms with Crippen molar-refractivity contribution in [3.05, 3.63) is 15.9 Å². The molecule has 0 spiro atoms. The van der Waals surface area contributed by atoms with Crippen LogP contribution in [-0.2, 0) is 13.1 Å². The van der Waals surface area contributed by atoms with Crippen LogP contribution in [0.15, 0.2) is 4.47 Å². The number of rotatable bonds is 3. The Bertz CT molecular complexity index is 443. The van der Waals surface area contributed by atoms with Crippen LogP contribution >= 0.6 is 15.9 Å². The quantitative estimate of drug-likeness (QED) is 0.924. The van der Waals surface area contributed by atoms with Crippen molar-refractivity contribution in [1.29, 1.82) is 0 Å². The lowest BCUT2D eigenvalue weighted by Crippen LogP contribution is -2.40. The van der Waals surface area contributed by atoms with Crippen molar-refractivity contribution in [2.75, 3.05) is 19.6 Å². The van der Waals surface area contributed by atoms with Gasteiger partial charge in [0, 0.05) is 32.2 Å². The number of aromatic nitrogens is 2. The van der Waals surface area contributed by atoms with Gasteiger partial charge in [-0.25, -0.2) is 0 Å². The van der Waals surface area contributed by atoms with E-state index in [4.69, 9.17) is 0 Å². The molecule has 0 radical (unpaired) electrons. The Labute approximate surface area is 123 Å². The van der Waals surface area contributed by atoms with Crippen LogP contribution in [-0.4, -0.2) is 40.4 Å². The molecule has 2 saturated heterocycles. The maximum Gasteiger partial charge on any atom is 0.0739 e. The number of piperidine rings is 1. The molecule has 1 aromatic rings. The zero-order valence-corrected chi connectivity index (χ0v) is 13.4. The van der Waals surface area contributed by atoms with Gasteiger partial charge in [0.2, 0.25) is 0 Å². The summed E-state index contributed by atoms with van der Waals surface area (Å²) in [5.41, 5.74) is 2.44. The highest BCUT2D eigenvalue weighted by Crippen LogP contribution is 2.28. The van der Waals surface area contributed by atoms with Gasteiger partial charge in [0.15, 0.2) is 0 Å². The van der Waals surface area contributed by atoms with Gasteiger partial charge in [0.25, 0.3) is 0 Å². The van der Waals surface area contributed by atoms with E-state index in [2.05, 4.69) is 49.8 Å². The number of hydrogen-bond donors (Lipinski definition) is 1. The normalized spacial score (nSPS) is 27.7. The van der Waals surface area contributed by atoms with Crippen LogP contribution in [0.5, 0.6) is 0 Å². The first-order valence-corrected chi connectivity index (χ1v) is 8.16. The fourth-order valence-electron chi connectivity index (χ4n) is 3.50. The van der Waals surface area contributed by atoms with Crippen LogP contribution in [0.3, 0.4) is 0 Å². The smallest absolute Gasteiger partial charge is 0.0739 e. The first-order valence-electron chi connectivity index (χ1n) is 7.36. The van der Waals surface area contributed by atoms with Gasteiger partial charge in [-0.2, -0.15) is 5.10 Å². The summed E-state index contributed by atoms with van der Waals surface area (Å²) in [5, 5.41) is 8.26. The van der Waals surface area contributed by atoms with Crippen molar-refractivity contribution in [3.63, 3.8) is 0 Å².